The van der Waals surface area contributed by atoms with Gasteiger partial charge in [0.15, 0.2) is 0 Å². The molecule has 0 bridgehead atoms. The van der Waals surface area contributed by atoms with Crippen molar-refractivity contribution in [1.82, 2.24) is 5.32 Å². The van der Waals surface area contributed by atoms with Gasteiger partial charge in [-0.15, -0.1) is 0 Å². The van der Waals surface area contributed by atoms with Gasteiger partial charge in [-0.05, 0) is 20.3 Å². The average molecular weight is 145 g/mol. The second-order valence-electron chi connectivity index (χ2n) is 3.60. The summed E-state index contributed by atoms with van der Waals surface area (Å²) < 4.78 is 0. The maximum absolute atomic E-state index is 9.22. The lowest BCUT2D eigenvalue weighted by Gasteiger charge is -2.37. The molecule has 0 saturated carbocycles. The van der Waals surface area contributed by atoms with Crippen molar-refractivity contribution in [3.8, 4) is 0 Å². The van der Waals surface area contributed by atoms with E-state index >= 15 is 0 Å². The molecule has 0 spiro atoms. The van der Waals surface area contributed by atoms with E-state index in [4.69, 9.17) is 5.11 Å². The van der Waals surface area contributed by atoms with Crippen LogP contribution in [-0.4, -0.2) is 34.5 Å². The first-order chi connectivity index (χ1) is 4.51. The quantitative estimate of drug-likeness (QED) is 0.430. The Morgan fingerprint density at radius 3 is 2.30 bits per heavy atom. The van der Waals surface area contributed by atoms with Crippen LogP contribution in [0.2, 0.25) is 0 Å². The van der Waals surface area contributed by atoms with Gasteiger partial charge in [-0.3, -0.25) is 0 Å². The Kier molecular flexibility index (Phi) is 1.99. The Bertz CT molecular complexity index is 125. The van der Waals surface area contributed by atoms with Crippen LogP contribution in [0.4, 0.5) is 0 Å². The maximum atomic E-state index is 9.22. The third-order valence-electron chi connectivity index (χ3n) is 1.95. The predicted octanol–water partition coefficient (Wildman–Crippen LogP) is -0.520. The Morgan fingerprint density at radius 1 is 1.30 bits per heavy atom. The number of aliphatic hydroxyl groups is 2. The monoisotopic (exact) mass is 145 g/mol. The smallest absolute Gasteiger partial charge is 0.0923 e. The van der Waals surface area contributed by atoms with Crippen LogP contribution in [0.25, 0.3) is 0 Å². The van der Waals surface area contributed by atoms with Crippen LogP contribution >= 0.6 is 0 Å². The molecule has 60 valence electrons. The molecule has 1 aliphatic rings. The molecule has 0 aromatic heterocycles. The van der Waals surface area contributed by atoms with Crippen LogP contribution in [-0.2, 0) is 0 Å². The number of aliphatic hydroxyl groups excluding tert-OH is 2. The molecule has 1 heterocycles. The van der Waals surface area contributed by atoms with Crippen LogP contribution in [0.1, 0.15) is 20.3 Å². The highest BCUT2D eigenvalue weighted by Crippen LogP contribution is 2.18. The Hall–Kier alpha value is -0.120. The molecule has 2 atom stereocenters. The molecule has 0 unspecified atom stereocenters. The van der Waals surface area contributed by atoms with E-state index in [0.29, 0.717) is 13.0 Å². The van der Waals surface area contributed by atoms with Crippen molar-refractivity contribution in [3.05, 3.63) is 0 Å². The summed E-state index contributed by atoms with van der Waals surface area (Å²) in [5.41, 5.74) is -0.0291. The first-order valence-electron chi connectivity index (χ1n) is 3.62. The molecular formula is C7H15NO2. The summed E-state index contributed by atoms with van der Waals surface area (Å²) >= 11 is 0. The summed E-state index contributed by atoms with van der Waals surface area (Å²) in [5, 5.41) is 21.4. The van der Waals surface area contributed by atoms with Gasteiger partial charge >= 0.3 is 0 Å². The summed E-state index contributed by atoms with van der Waals surface area (Å²) in [6.45, 7) is 4.53. The van der Waals surface area contributed by atoms with Crippen molar-refractivity contribution < 1.29 is 10.2 Å². The molecule has 0 radical (unpaired) electrons. The lowest BCUT2D eigenvalue weighted by Crippen LogP contribution is -2.55. The third-order valence-corrected chi connectivity index (χ3v) is 1.95. The highest BCUT2D eigenvalue weighted by Gasteiger charge is 2.31. The third kappa shape index (κ3) is 1.68. The minimum atomic E-state index is -0.590. The molecule has 3 N–H and O–H groups in total. The van der Waals surface area contributed by atoms with E-state index in [9.17, 15) is 5.11 Å². The number of hydrogen-bond acceptors (Lipinski definition) is 3. The van der Waals surface area contributed by atoms with Crippen LogP contribution in [0, 0.1) is 0 Å². The maximum Gasteiger partial charge on any atom is 0.0923 e. The van der Waals surface area contributed by atoms with Crippen molar-refractivity contribution in [2.24, 2.45) is 0 Å². The molecule has 1 saturated heterocycles. The Labute approximate surface area is 61.1 Å². The average Bonchev–Trinajstić information content (AvgIpc) is 1.79. The van der Waals surface area contributed by atoms with Crippen LogP contribution in [0.5, 0.6) is 0 Å². The van der Waals surface area contributed by atoms with Gasteiger partial charge in [0.25, 0.3) is 0 Å². The fourth-order valence-electron chi connectivity index (χ4n) is 1.25. The zero-order valence-electron chi connectivity index (χ0n) is 6.46. The van der Waals surface area contributed by atoms with Crippen LogP contribution < -0.4 is 5.32 Å². The van der Waals surface area contributed by atoms with E-state index in [2.05, 4.69) is 5.32 Å². The van der Waals surface area contributed by atoms with E-state index in [1.54, 1.807) is 0 Å². The van der Waals surface area contributed by atoms with Crippen molar-refractivity contribution >= 4 is 0 Å². The second-order valence-corrected chi connectivity index (χ2v) is 3.60. The fourth-order valence-corrected chi connectivity index (χ4v) is 1.25. The number of β-amino-alcohol motifs (C(OH)–C–C–N with tert-alkyl or cyclic N) is 1. The fraction of sp³-hybridized carbons (Fsp3) is 1.00. The van der Waals surface area contributed by atoms with E-state index in [1.807, 2.05) is 13.8 Å². The normalized spacial score (nSPS) is 39.6. The lowest BCUT2D eigenvalue weighted by atomic mass is 9.90. The Balaban J connectivity index is 2.49. The molecule has 0 aromatic carbocycles. The number of nitrogens with one attached hydrogen (secondary N) is 1. The lowest BCUT2D eigenvalue weighted by molar-refractivity contribution is -0.0262. The largest absolute Gasteiger partial charge is 0.390 e. The molecule has 3 nitrogen and oxygen atoms in total. The molecule has 1 fully saturated rings. The van der Waals surface area contributed by atoms with Gasteiger partial charge in [0.1, 0.15) is 0 Å². The summed E-state index contributed by atoms with van der Waals surface area (Å²) in [5.74, 6) is 0. The molecule has 10 heavy (non-hydrogen) atoms. The van der Waals surface area contributed by atoms with Gasteiger partial charge in [0.05, 0.1) is 12.2 Å². The van der Waals surface area contributed by atoms with E-state index < -0.39 is 12.2 Å². The van der Waals surface area contributed by atoms with Gasteiger partial charge in [0.2, 0.25) is 0 Å². The first kappa shape index (κ1) is 7.98. The molecule has 1 rings (SSSR count). The van der Waals surface area contributed by atoms with Gasteiger partial charge in [-0.25, -0.2) is 0 Å². The van der Waals surface area contributed by atoms with Crippen molar-refractivity contribution in [3.63, 3.8) is 0 Å². The summed E-state index contributed by atoms with van der Waals surface area (Å²) in [4.78, 5) is 0. The zero-order chi connectivity index (χ0) is 7.78. The van der Waals surface area contributed by atoms with Gasteiger partial charge < -0.3 is 15.5 Å². The SMILES string of the molecule is CC1(C)C[C@H](O)[C@H](O)CN1. The second kappa shape index (κ2) is 2.49. The first-order valence-corrected chi connectivity index (χ1v) is 3.62. The topological polar surface area (TPSA) is 52.5 Å². The number of piperidine rings is 1. The van der Waals surface area contributed by atoms with Crippen molar-refractivity contribution in [1.29, 1.82) is 0 Å². The highest BCUT2D eigenvalue weighted by atomic mass is 16.3. The molecule has 0 amide bonds. The minimum Gasteiger partial charge on any atom is -0.390 e. The molecule has 1 aliphatic heterocycles. The van der Waals surface area contributed by atoms with E-state index in [-0.39, 0.29) is 5.54 Å². The molecule has 0 aliphatic carbocycles. The predicted molar refractivity (Wildman–Crippen MR) is 38.7 cm³/mol. The van der Waals surface area contributed by atoms with Gasteiger partial charge in [-0.1, -0.05) is 0 Å². The van der Waals surface area contributed by atoms with E-state index in [1.165, 1.54) is 0 Å². The highest BCUT2D eigenvalue weighted by molar-refractivity contribution is 4.90. The van der Waals surface area contributed by atoms with Crippen molar-refractivity contribution in [2.45, 2.75) is 38.0 Å². The summed E-state index contributed by atoms with van der Waals surface area (Å²) in [6, 6.07) is 0. The van der Waals surface area contributed by atoms with Crippen LogP contribution in [0.3, 0.4) is 0 Å². The zero-order valence-corrected chi connectivity index (χ0v) is 6.46. The number of hydrogen-bond donors (Lipinski definition) is 3. The molecule has 0 aromatic rings. The Morgan fingerprint density at radius 2 is 1.90 bits per heavy atom. The summed E-state index contributed by atoms with van der Waals surface area (Å²) in [7, 11) is 0. The molecule has 3 heteroatoms. The van der Waals surface area contributed by atoms with Gasteiger partial charge in [-0.2, -0.15) is 0 Å². The number of rotatable bonds is 0. The van der Waals surface area contributed by atoms with Crippen LogP contribution in [0.15, 0.2) is 0 Å². The summed E-state index contributed by atoms with van der Waals surface area (Å²) in [6.07, 6.45) is -0.530. The molecular weight excluding hydrogens is 130 g/mol. The minimum absolute atomic E-state index is 0.0291. The van der Waals surface area contributed by atoms with Gasteiger partial charge in [0, 0.05) is 12.1 Å². The van der Waals surface area contributed by atoms with Crippen molar-refractivity contribution in [2.75, 3.05) is 6.54 Å². The van der Waals surface area contributed by atoms with E-state index in [0.717, 1.165) is 0 Å². The standard InChI is InChI=1S/C7H15NO2/c1-7(2)3-5(9)6(10)4-8-7/h5-6,8-10H,3-4H2,1-2H3/t5-,6+/m0/s1.